The number of aromatic amines is 1. The molecule has 0 aliphatic heterocycles. The highest BCUT2D eigenvalue weighted by Gasteiger charge is 2.23. The number of carbonyl (C=O) groups is 1. The lowest BCUT2D eigenvalue weighted by molar-refractivity contribution is 0.103. The summed E-state index contributed by atoms with van der Waals surface area (Å²) in [7, 11) is 0. The molecule has 0 radical (unpaired) electrons. The average molecular weight is 335 g/mol. The van der Waals surface area contributed by atoms with Crippen molar-refractivity contribution in [2.45, 2.75) is 13.5 Å². The number of hydrogen-bond donors (Lipinski definition) is 2. The molecule has 3 rings (SSSR count). The SMILES string of the molecule is CCn1c(=O)c(C(=O)c2c[nH]c(=O)c(C#N)c2)c(O)c2ccccc21. The lowest BCUT2D eigenvalue weighted by Crippen LogP contribution is -2.27. The highest BCUT2D eigenvalue weighted by Crippen LogP contribution is 2.27. The van der Waals surface area contributed by atoms with E-state index in [9.17, 15) is 19.5 Å². The minimum atomic E-state index is -0.761. The van der Waals surface area contributed by atoms with Crippen LogP contribution in [0.15, 0.2) is 46.1 Å². The molecule has 0 fully saturated rings. The summed E-state index contributed by atoms with van der Waals surface area (Å²) in [6.45, 7) is 2.07. The maximum absolute atomic E-state index is 12.8. The van der Waals surface area contributed by atoms with Gasteiger partial charge in [-0.15, -0.1) is 0 Å². The van der Waals surface area contributed by atoms with Crippen LogP contribution in [-0.2, 0) is 6.54 Å². The van der Waals surface area contributed by atoms with E-state index in [0.717, 1.165) is 12.3 Å². The predicted molar refractivity (Wildman–Crippen MR) is 90.8 cm³/mol. The second kappa shape index (κ2) is 6.09. The van der Waals surface area contributed by atoms with Crippen LogP contribution < -0.4 is 11.1 Å². The number of benzene rings is 1. The largest absolute Gasteiger partial charge is 0.506 e. The summed E-state index contributed by atoms with van der Waals surface area (Å²) in [6.07, 6.45) is 1.12. The number of hydrogen-bond acceptors (Lipinski definition) is 5. The number of nitriles is 1. The van der Waals surface area contributed by atoms with E-state index >= 15 is 0 Å². The van der Waals surface area contributed by atoms with Crippen LogP contribution in [0, 0.1) is 11.3 Å². The van der Waals surface area contributed by atoms with Crippen LogP contribution in [0.4, 0.5) is 0 Å². The quantitative estimate of drug-likeness (QED) is 0.704. The minimum absolute atomic E-state index is 0.0542. The van der Waals surface area contributed by atoms with Gasteiger partial charge in [-0.1, -0.05) is 12.1 Å². The van der Waals surface area contributed by atoms with Crippen molar-refractivity contribution >= 4 is 16.7 Å². The fourth-order valence-electron chi connectivity index (χ4n) is 2.75. The molecular formula is C18H13N3O4. The number of aryl methyl sites for hydroxylation is 1. The molecule has 7 nitrogen and oxygen atoms in total. The topological polar surface area (TPSA) is 116 Å². The van der Waals surface area contributed by atoms with E-state index in [4.69, 9.17) is 5.26 Å². The van der Waals surface area contributed by atoms with Crippen LogP contribution in [0.3, 0.4) is 0 Å². The average Bonchev–Trinajstić information content (AvgIpc) is 2.62. The molecule has 0 aliphatic rings. The second-order valence-electron chi connectivity index (χ2n) is 5.36. The first-order chi connectivity index (χ1) is 12.0. The van der Waals surface area contributed by atoms with Gasteiger partial charge in [-0.2, -0.15) is 5.26 Å². The molecule has 0 bridgehead atoms. The zero-order chi connectivity index (χ0) is 18.1. The Morgan fingerprint density at radius 1 is 1.32 bits per heavy atom. The number of fused-ring (bicyclic) bond motifs is 1. The molecule has 7 heteroatoms. The van der Waals surface area contributed by atoms with Crippen LogP contribution in [0.2, 0.25) is 0 Å². The fourth-order valence-corrected chi connectivity index (χ4v) is 2.75. The van der Waals surface area contributed by atoms with Crippen molar-refractivity contribution in [1.82, 2.24) is 9.55 Å². The maximum Gasteiger partial charge on any atom is 0.266 e. The Bertz CT molecular complexity index is 1170. The third-order valence-corrected chi connectivity index (χ3v) is 3.97. The Balaban J connectivity index is 2.33. The zero-order valence-electron chi connectivity index (χ0n) is 13.2. The molecule has 2 aromatic heterocycles. The molecule has 0 spiro atoms. The van der Waals surface area contributed by atoms with Crippen molar-refractivity contribution in [3.8, 4) is 11.8 Å². The van der Waals surface area contributed by atoms with E-state index in [1.54, 1.807) is 37.3 Å². The van der Waals surface area contributed by atoms with Crippen LogP contribution in [-0.4, -0.2) is 20.4 Å². The number of nitrogens with zero attached hydrogens (tertiary/aromatic N) is 2. The van der Waals surface area contributed by atoms with E-state index in [0.29, 0.717) is 17.4 Å². The Morgan fingerprint density at radius 3 is 2.72 bits per heavy atom. The monoisotopic (exact) mass is 335 g/mol. The summed E-state index contributed by atoms with van der Waals surface area (Å²) < 4.78 is 1.39. The number of H-pyrrole nitrogens is 1. The molecule has 0 saturated heterocycles. The smallest absolute Gasteiger partial charge is 0.266 e. The van der Waals surface area contributed by atoms with Gasteiger partial charge < -0.3 is 14.7 Å². The van der Waals surface area contributed by atoms with E-state index in [1.165, 1.54) is 4.57 Å². The van der Waals surface area contributed by atoms with Gasteiger partial charge in [0.1, 0.15) is 22.9 Å². The van der Waals surface area contributed by atoms with Gasteiger partial charge in [-0.3, -0.25) is 14.4 Å². The van der Waals surface area contributed by atoms with Gasteiger partial charge in [-0.25, -0.2) is 0 Å². The molecule has 2 heterocycles. The van der Waals surface area contributed by atoms with Crippen LogP contribution >= 0.6 is 0 Å². The standard InChI is InChI=1S/C18H13N3O4/c1-2-21-13-6-4-3-5-12(13)16(23)14(18(21)25)15(22)11-7-10(8-19)17(24)20-9-11/h3-7,9,23H,2H2,1H3,(H,20,24). The number of aromatic hydroxyl groups is 1. The van der Waals surface area contributed by atoms with Crippen molar-refractivity contribution in [2.75, 3.05) is 0 Å². The number of nitrogens with one attached hydrogen (secondary N) is 1. The molecule has 25 heavy (non-hydrogen) atoms. The predicted octanol–water partition coefficient (Wildman–Crippen LogP) is 1.52. The van der Waals surface area contributed by atoms with E-state index < -0.39 is 28.2 Å². The lowest BCUT2D eigenvalue weighted by Gasteiger charge is -2.13. The molecule has 0 atom stereocenters. The third kappa shape index (κ3) is 2.50. The molecule has 1 aromatic carbocycles. The Labute approximate surface area is 141 Å². The number of carbonyl (C=O) groups excluding carboxylic acids is 1. The number of aromatic nitrogens is 2. The second-order valence-corrected chi connectivity index (χ2v) is 5.36. The summed E-state index contributed by atoms with van der Waals surface area (Å²) in [6, 6.07) is 9.50. The molecule has 124 valence electrons. The van der Waals surface area contributed by atoms with Crippen molar-refractivity contribution < 1.29 is 9.90 Å². The minimum Gasteiger partial charge on any atom is -0.506 e. The number of ketones is 1. The van der Waals surface area contributed by atoms with Crippen molar-refractivity contribution in [3.05, 3.63) is 73.9 Å². The maximum atomic E-state index is 12.8. The van der Waals surface area contributed by atoms with Crippen molar-refractivity contribution in [1.29, 1.82) is 5.26 Å². The Hall–Kier alpha value is -3.66. The van der Waals surface area contributed by atoms with Crippen molar-refractivity contribution in [2.24, 2.45) is 0 Å². The van der Waals surface area contributed by atoms with Crippen LogP contribution in [0.25, 0.3) is 10.9 Å². The first-order valence-corrected chi connectivity index (χ1v) is 7.51. The summed E-state index contributed by atoms with van der Waals surface area (Å²) in [5.74, 6) is -1.18. The number of rotatable bonds is 3. The summed E-state index contributed by atoms with van der Waals surface area (Å²) in [4.78, 5) is 39.2. The molecule has 0 unspecified atom stereocenters. The molecule has 0 saturated carbocycles. The van der Waals surface area contributed by atoms with Gasteiger partial charge >= 0.3 is 0 Å². The van der Waals surface area contributed by atoms with Gasteiger partial charge in [-0.05, 0) is 25.1 Å². The molecular weight excluding hydrogens is 322 g/mol. The third-order valence-electron chi connectivity index (χ3n) is 3.97. The molecule has 2 N–H and O–H groups in total. The highest BCUT2D eigenvalue weighted by molar-refractivity contribution is 6.12. The molecule has 3 aromatic rings. The first kappa shape index (κ1) is 16.2. The van der Waals surface area contributed by atoms with Crippen LogP contribution in [0.1, 0.15) is 28.4 Å². The van der Waals surface area contributed by atoms with E-state index in [1.807, 2.05) is 0 Å². The Morgan fingerprint density at radius 2 is 2.04 bits per heavy atom. The number of pyridine rings is 2. The van der Waals surface area contributed by atoms with Gasteiger partial charge in [0.05, 0.1) is 5.52 Å². The summed E-state index contributed by atoms with van der Waals surface area (Å²) in [5, 5.41) is 19.8. The summed E-state index contributed by atoms with van der Waals surface area (Å²) >= 11 is 0. The molecule has 0 aliphatic carbocycles. The zero-order valence-corrected chi connectivity index (χ0v) is 13.2. The van der Waals surface area contributed by atoms with E-state index in [-0.39, 0.29) is 11.1 Å². The highest BCUT2D eigenvalue weighted by atomic mass is 16.3. The van der Waals surface area contributed by atoms with Crippen molar-refractivity contribution in [3.63, 3.8) is 0 Å². The van der Waals surface area contributed by atoms with Gasteiger partial charge in [0, 0.05) is 23.7 Å². The lowest BCUT2D eigenvalue weighted by atomic mass is 10.0. The normalized spacial score (nSPS) is 10.6. The van der Waals surface area contributed by atoms with Gasteiger partial charge in [0.2, 0.25) is 5.78 Å². The molecule has 0 amide bonds. The fraction of sp³-hybridized carbons (Fsp3) is 0.111. The number of para-hydroxylation sites is 1. The van der Waals surface area contributed by atoms with E-state index in [2.05, 4.69) is 4.98 Å². The first-order valence-electron chi connectivity index (χ1n) is 7.51. The Kier molecular flexibility index (Phi) is 3.95. The van der Waals surface area contributed by atoms with Gasteiger partial charge in [0.15, 0.2) is 0 Å². The van der Waals surface area contributed by atoms with Gasteiger partial charge in [0.25, 0.3) is 11.1 Å². The van der Waals surface area contributed by atoms with Crippen LogP contribution in [0.5, 0.6) is 5.75 Å². The summed E-state index contributed by atoms with van der Waals surface area (Å²) in [5.41, 5.74) is -1.44.